The lowest BCUT2D eigenvalue weighted by Crippen LogP contribution is -1.98. The standard InChI is InChI=1S/C12H14Cl2O/c13-9-3-1-2-4-12(15)10-5-7-11(14)8-6-10/h5-8H,1-4,9H2. The number of carbonyl (C=O) groups excluding carboxylic acids is 1. The van der Waals surface area contributed by atoms with Crippen LogP contribution in [0.4, 0.5) is 0 Å². The molecule has 0 aromatic heterocycles. The first-order valence-corrected chi connectivity index (χ1v) is 6.00. The normalized spacial score (nSPS) is 10.3. The van der Waals surface area contributed by atoms with Gasteiger partial charge in [-0.1, -0.05) is 18.0 Å². The number of alkyl halides is 1. The average Bonchev–Trinajstić information content (AvgIpc) is 2.25. The molecule has 0 aliphatic rings. The topological polar surface area (TPSA) is 17.1 Å². The number of rotatable bonds is 6. The molecule has 3 heteroatoms. The summed E-state index contributed by atoms with van der Waals surface area (Å²) >= 11 is 11.3. The molecule has 0 spiro atoms. The fourth-order valence-corrected chi connectivity index (χ4v) is 1.65. The van der Waals surface area contributed by atoms with Gasteiger partial charge in [0.05, 0.1) is 0 Å². The van der Waals surface area contributed by atoms with Crippen molar-refractivity contribution in [3.8, 4) is 0 Å². The van der Waals surface area contributed by atoms with Crippen LogP contribution in [0.25, 0.3) is 0 Å². The van der Waals surface area contributed by atoms with Gasteiger partial charge in [0, 0.05) is 22.9 Å². The Labute approximate surface area is 100 Å². The van der Waals surface area contributed by atoms with Crippen molar-refractivity contribution in [2.24, 2.45) is 0 Å². The van der Waals surface area contributed by atoms with Gasteiger partial charge in [-0.2, -0.15) is 0 Å². The SMILES string of the molecule is O=C(CCCCCCl)c1ccc(Cl)cc1. The zero-order valence-electron chi connectivity index (χ0n) is 8.51. The molecule has 82 valence electrons. The number of hydrogen-bond donors (Lipinski definition) is 0. The summed E-state index contributed by atoms with van der Waals surface area (Å²) in [5, 5.41) is 0.661. The summed E-state index contributed by atoms with van der Waals surface area (Å²) in [5.74, 6) is 0.857. The predicted molar refractivity (Wildman–Crippen MR) is 65.0 cm³/mol. The van der Waals surface area contributed by atoms with Gasteiger partial charge < -0.3 is 0 Å². The minimum Gasteiger partial charge on any atom is -0.294 e. The van der Waals surface area contributed by atoms with E-state index in [2.05, 4.69) is 0 Å². The van der Waals surface area contributed by atoms with Crippen LogP contribution in [0.2, 0.25) is 5.02 Å². The fourth-order valence-electron chi connectivity index (χ4n) is 1.34. The van der Waals surface area contributed by atoms with Gasteiger partial charge in [-0.05, 0) is 37.1 Å². The van der Waals surface area contributed by atoms with Crippen molar-refractivity contribution >= 4 is 29.0 Å². The van der Waals surface area contributed by atoms with E-state index < -0.39 is 0 Å². The Kier molecular flexibility index (Phi) is 5.74. The molecule has 0 unspecified atom stereocenters. The van der Waals surface area contributed by atoms with Gasteiger partial charge in [-0.3, -0.25) is 4.79 Å². The molecule has 0 radical (unpaired) electrons. The van der Waals surface area contributed by atoms with Crippen molar-refractivity contribution in [3.63, 3.8) is 0 Å². The maximum absolute atomic E-state index is 11.6. The highest BCUT2D eigenvalue weighted by Gasteiger charge is 2.04. The third-order valence-electron chi connectivity index (χ3n) is 2.20. The third-order valence-corrected chi connectivity index (χ3v) is 2.72. The number of hydrogen-bond acceptors (Lipinski definition) is 1. The highest BCUT2D eigenvalue weighted by molar-refractivity contribution is 6.30. The Morgan fingerprint density at radius 1 is 1.07 bits per heavy atom. The van der Waals surface area contributed by atoms with E-state index in [4.69, 9.17) is 23.2 Å². The van der Waals surface area contributed by atoms with E-state index in [1.807, 2.05) is 0 Å². The number of Topliss-reactive ketones (excluding diaryl/α,β-unsaturated/α-hetero) is 1. The highest BCUT2D eigenvalue weighted by Crippen LogP contribution is 2.12. The molecule has 15 heavy (non-hydrogen) atoms. The van der Waals surface area contributed by atoms with Gasteiger partial charge in [0.25, 0.3) is 0 Å². The molecule has 1 nitrogen and oxygen atoms in total. The molecule has 0 aliphatic heterocycles. The van der Waals surface area contributed by atoms with Crippen molar-refractivity contribution in [1.82, 2.24) is 0 Å². The average molecular weight is 245 g/mol. The Hall–Kier alpha value is -0.530. The van der Waals surface area contributed by atoms with Crippen LogP contribution in [-0.4, -0.2) is 11.7 Å². The van der Waals surface area contributed by atoms with Crippen molar-refractivity contribution in [2.75, 3.05) is 5.88 Å². The van der Waals surface area contributed by atoms with E-state index in [0.29, 0.717) is 17.3 Å². The summed E-state index contributed by atoms with van der Waals surface area (Å²) in [6, 6.07) is 7.03. The second kappa shape index (κ2) is 6.86. The van der Waals surface area contributed by atoms with E-state index in [0.717, 1.165) is 24.8 Å². The molecule has 1 aromatic carbocycles. The van der Waals surface area contributed by atoms with Gasteiger partial charge in [0.15, 0.2) is 5.78 Å². The summed E-state index contributed by atoms with van der Waals surface area (Å²) in [6.07, 6.45) is 3.50. The van der Waals surface area contributed by atoms with E-state index in [-0.39, 0.29) is 5.78 Å². The smallest absolute Gasteiger partial charge is 0.162 e. The van der Waals surface area contributed by atoms with Crippen molar-refractivity contribution in [1.29, 1.82) is 0 Å². The lowest BCUT2D eigenvalue weighted by Gasteiger charge is -2.00. The molecule has 0 atom stereocenters. The zero-order valence-corrected chi connectivity index (χ0v) is 10.0. The van der Waals surface area contributed by atoms with Crippen molar-refractivity contribution in [2.45, 2.75) is 25.7 Å². The molecule has 0 heterocycles. The van der Waals surface area contributed by atoms with Crippen molar-refractivity contribution < 1.29 is 4.79 Å². The van der Waals surface area contributed by atoms with Crippen LogP contribution < -0.4 is 0 Å². The third kappa shape index (κ3) is 4.67. The number of benzene rings is 1. The molecule has 0 amide bonds. The first-order chi connectivity index (χ1) is 7.24. The Balaban J connectivity index is 2.37. The van der Waals surface area contributed by atoms with Crippen molar-refractivity contribution in [3.05, 3.63) is 34.9 Å². The molecule has 1 aromatic rings. The van der Waals surface area contributed by atoms with E-state index >= 15 is 0 Å². The minimum atomic E-state index is 0.182. The fraction of sp³-hybridized carbons (Fsp3) is 0.417. The lowest BCUT2D eigenvalue weighted by molar-refractivity contribution is 0.0979. The van der Waals surface area contributed by atoms with Crippen LogP contribution in [0.3, 0.4) is 0 Å². The predicted octanol–water partition coefficient (Wildman–Crippen LogP) is 4.32. The van der Waals surface area contributed by atoms with Crippen LogP contribution in [0.5, 0.6) is 0 Å². The molecule has 0 saturated carbocycles. The van der Waals surface area contributed by atoms with Crippen LogP contribution in [0, 0.1) is 0 Å². The Morgan fingerprint density at radius 2 is 1.73 bits per heavy atom. The summed E-state index contributed by atoms with van der Waals surface area (Å²) < 4.78 is 0. The van der Waals surface area contributed by atoms with Gasteiger partial charge >= 0.3 is 0 Å². The van der Waals surface area contributed by atoms with E-state index in [1.165, 1.54) is 0 Å². The van der Waals surface area contributed by atoms with Gasteiger partial charge in [-0.25, -0.2) is 0 Å². The largest absolute Gasteiger partial charge is 0.294 e. The number of ketones is 1. The van der Waals surface area contributed by atoms with Gasteiger partial charge in [0.1, 0.15) is 0 Å². The monoisotopic (exact) mass is 244 g/mol. The molecule has 0 aliphatic carbocycles. The molecule has 0 fully saturated rings. The maximum atomic E-state index is 11.6. The first kappa shape index (κ1) is 12.5. The zero-order chi connectivity index (χ0) is 11.1. The lowest BCUT2D eigenvalue weighted by atomic mass is 10.1. The molecule has 0 N–H and O–H groups in total. The number of unbranched alkanes of at least 4 members (excludes halogenated alkanes) is 2. The van der Waals surface area contributed by atoms with Crippen LogP contribution in [-0.2, 0) is 0 Å². The highest BCUT2D eigenvalue weighted by atomic mass is 35.5. The molecule has 1 rings (SSSR count). The molecular formula is C12H14Cl2O. The molecular weight excluding hydrogens is 231 g/mol. The molecule has 0 bridgehead atoms. The van der Waals surface area contributed by atoms with Gasteiger partial charge in [-0.15, -0.1) is 11.6 Å². The quantitative estimate of drug-likeness (QED) is 0.414. The van der Waals surface area contributed by atoms with Crippen LogP contribution in [0.1, 0.15) is 36.0 Å². The Bertz CT molecular complexity index is 306. The summed E-state index contributed by atoms with van der Waals surface area (Å²) in [4.78, 5) is 11.6. The molecule has 0 saturated heterocycles. The summed E-state index contributed by atoms with van der Waals surface area (Å²) in [6.45, 7) is 0. The van der Waals surface area contributed by atoms with Crippen LogP contribution in [0.15, 0.2) is 24.3 Å². The van der Waals surface area contributed by atoms with Gasteiger partial charge in [0.2, 0.25) is 0 Å². The Morgan fingerprint density at radius 3 is 2.33 bits per heavy atom. The maximum Gasteiger partial charge on any atom is 0.162 e. The number of carbonyl (C=O) groups is 1. The second-order valence-electron chi connectivity index (χ2n) is 3.43. The second-order valence-corrected chi connectivity index (χ2v) is 4.24. The first-order valence-electron chi connectivity index (χ1n) is 5.09. The summed E-state index contributed by atoms with van der Waals surface area (Å²) in [5.41, 5.74) is 0.741. The number of halogens is 2. The minimum absolute atomic E-state index is 0.182. The van der Waals surface area contributed by atoms with Crippen LogP contribution >= 0.6 is 23.2 Å². The summed E-state index contributed by atoms with van der Waals surface area (Å²) in [7, 11) is 0. The van der Waals surface area contributed by atoms with E-state index in [9.17, 15) is 4.79 Å². The van der Waals surface area contributed by atoms with E-state index in [1.54, 1.807) is 24.3 Å².